The summed E-state index contributed by atoms with van der Waals surface area (Å²) in [4.78, 5) is 0. The lowest BCUT2D eigenvalue weighted by atomic mass is 9.43. The zero-order valence-corrected chi connectivity index (χ0v) is 21.7. The van der Waals surface area contributed by atoms with Gasteiger partial charge in [-0.05, 0) is 122 Å². The second-order valence-corrected chi connectivity index (χ2v) is 13.3. The van der Waals surface area contributed by atoms with E-state index in [9.17, 15) is 5.11 Å². The van der Waals surface area contributed by atoms with Crippen LogP contribution in [0.1, 0.15) is 106 Å². The van der Waals surface area contributed by atoms with Crippen molar-refractivity contribution < 1.29 is 5.11 Å². The molecule has 0 spiro atoms. The van der Waals surface area contributed by atoms with Gasteiger partial charge in [0.25, 0.3) is 0 Å². The highest BCUT2D eigenvalue weighted by molar-refractivity contribution is 5.12. The van der Waals surface area contributed by atoms with Gasteiger partial charge in [-0.3, -0.25) is 0 Å². The molecular formula is C30H52O. The van der Waals surface area contributed by atoms with Crippen molar-refractivity contribution in [2.45, 2.75) is 112 Å². The fourth-order valence-electron chi connectivity index (χ4n) is 9.90. The van der Waals surface area contributed by atoms with Crippen LogP contribution in [-0.4, -0.2) is 11.2 Å². The van der Waals surface area contributed by atoms with Crippen LogP contribution in [0, 0.1) is 64.1 Å². The van der Waals surface area contributed by atoms with Crippen molar-refractivity contribution in [3.8, 4) is 0 Å². The van der Waals surface area contributed by atoms with Gasteiger partial charge >= 0.3 is 0 Å². The van der Waals surface area contributed by atoms with Crippen LogP contribution in [-0.2, 0) is 0 Å². The Balaban J connectivity index is 1.51. The van der Waals surface area contributed by atoms with Gasteiger partial charge in [-0.2, -0.15) is 0 Å². The van der Waals surface area contributed by atoms with E-state index in [1.807, 2.05) is 0 Å². The van der Waals surface area contributed by atoms with Gasteiger partial charge in [0, 0.05) is 0 Å². The molecule has 1 nitrogen and oxygen atoms in total. The number of aliphatic hydroxyl groups excluding tert-OH is 1. The van der Waals surface area contributed by atoms with Gasteiger partial charge in [0.1, 0.15) is 0 Å². The van der Waals surface area contributed by atoms with Crippen LogP contribution in [0.15, 0.2) is 12.2 Å². The maximum atomic E-state index is 10.5. The monoisotopic (exact) mass is 428 g/mol. The molecule has 1 N–H and O–H groups in total. The molecule has 0 radical (unpaired) electrons. The molecule has 1 heteroatoms. The molecule has 0 aromatic heterocycles. The van der Waals surface area contributed by atoms with Crippen molar-refractivity contribution in [2.75, 3.05) is 0 Å². The number of allylic oxidation sites excluding steroid dienone is 2. The quantitative estimate of drug-likeness (QED) is 0.438. The lowest BCUT2D eigenvalue weighted by Crippen LogP contribution is -2.56. The molecule has 11 atom stereocenters. The first kappa shape index (κ1) is 23.8. The first-order valence-electron chi connectivity index (χ1n) is 14.0. The van der Waals surface area contributed by atoms with Crippen LogP contribution in [0.5, 0.6) is 0 Å². The summed E-state index contributed by atoms with van der Waals surface area (Å²) in [7, 11) is 0. The standard InChI is InChI=1S/C30H52O/c1-8-22(19(2)3)10-9-20(4)24-13-14-26-23-11-12-25-21(5)28(31)16-18-30(25,7)27(23)15-17-29(24,26)6/h9-10,19-28,31H,8,11-18H2,1-7H3/b10-9+/t20-,21?,22-,23+,24-,25?,26+,27+,28?,29-,30+/m1/s1. The molecule has 0 aromatic rings. The summed E-state index contributed by atoms with van der Waals surface area (Å²) in [5, 5.41) is 10.5. The third-order valence-electron chi connectivity index (χ3n) is 11.9. The third kappa shape index (κ3) is 3.87. The summed E-state index contributed by atoms with van der Waals surface area (Å²) in [5.41, 5.74) is 1.03. The lowest BCUT2D eigenvalue weighted by Gasteiger charge is -2.62. The summed E-state index contributed by atoms with van der Waals surface area (Å²) in [6.07, 6.45) is 17.3. The molecule has 4 rings (SSSR count). The highest BCUT2D eigenvalue weighted by Gasteiger charge is 2.61. The van der Waals surface area contributed by atoms with E-state index in [0.29, 0.717) is 16.7 Å². The Kier molecular flexibility index (Phi) is 6.78. The maximum Gasteiger partial charge on any atom is 0.0568 e. The first-order chi connectivity index (χ1) is 14.6. The second-order valence-electron chi connectivity index (χ2n) is 13.3. The van der Waals surface area contributed by atoms with Crippen LogP contribution in [0.3, 0.4) is 0 Å². The molecule has 0 aromatic carbocycles. The average molecular weight is 429 g/mol. The molecule has 4 saturated carbocycles. The summed E-state index contributed by atoms with van der Waals surface area (Å²) < 4.78 is 0. The second kappa shape index (κ2) is 8.81. The van der Waals surface area contributed by atoms with E-state index in [1.54, 1.807) is 0 Å². The molecule has 4 fully saturated rings. The van der Waals surface area contributed by atoms with Crippen LogP contribution in [0.4, 0.5) is 0 Å². The Bertz CT molecular complexity index is 651. The summed E-state index contributed by atoms with van der Waals surface area (Å²) in [5.74, 6) is 7.14. The van der Waals surface area contributed by atoms with Gasteiger partial charge in [0.2, 0.25) is 0 Å². The highest BCUT2D eigenvalue weighted by Crippen LogP contribution is 2.68. The molecule has 0 aliphatic heterocycles. The largest absolute Gasteiger partial charge is 0.393 e. The summed E-state index contributed by atoms with van der Waals surface area (Å²) >= 11 is 0. The van der Waals surface area contributed by atoms with Gasteiger partial charge in [-0.1, -0.05) is 60.6 Å². The first-order valence-corrected chi connectivity index (χ1v) is 14.0. The average Bonchev–Trinajstić information content (AvgIpc) is 3.08. The van der Waals surface area contributed by atoms with E-state index in [-0.39, 0.29) is 6.10 Å². The Labute approximate surface area is 193 Å². The molecule has 4 aliphatic carbocycles. The predicted molar refractivity (Wildman–Crippen MR) is 133 cm³/mol. The van der Waals surface area contributed by atoms with E-state index < -0.39 is 0 Å². The Morgan fingerprint density at radius 1 is 0.839 bits per heavy atom. The SMILES string of the molecule is CC[C@H](/C=C/[C@@H](C)[C@H]1CC[C@H]2[C@@H]3CCC4C(C)C(O)CC[C@]4(C)[C@H]3CC[C@]12C)C(C)C. The van der Waals surface area contributed by atoms with Gasteiger partial charge < -0.3 is 5.11 Å². The molecule has 31 heavy (non-hydrogen) atoms. The topological polar surface area (TPSA) is 20.2 Å². The van der Waals surface area contributed by atoms with Gasteiger partial charge in [0.05, 0.1) is 6.10 Å². The van der Waals surface area contributed by atoms with Crippen molar-refractivity contribution in [3.05, 3.63) is 12.2 Å². The molecule has 4 aliphatic rings. The lowest BCUT2D eigenvalue weighted by molar-refractivity contribution is -0.148. The minimum absolute atomic E-state index is 0.0511. The molecule has 0 saturated heterocycles. The van der Waals surface area contributed by atoms with Crippen molar-refractivity contribution in [1.82, 2.24) is 0 Å². The fraction of sp³-hybridized carbons (Fsp3) is 0.933. The molecule has 0 heterocycles. The van der Waals surface area contributed by atoms with Crippen molar-refractivity contribution >= 4 is 0 Å². The zero-order chi connectivity index (χ0) is 22.6. The summed E-state index contributed by atoms with van der Waals surface area (Å²) in [6.45, 7) is 17.3. The Morgan fingerprint density at radius 3 is 2.16 bits per heavy atom. The molecule has 178 valence electrons. The number of fused-ring (bicyclic) bond motifs is 5. The van der Waals surface area contributed by atoms with Crippen LogP contribution in [0.2, 0.25) is 0 Å². The van der Waals surface area contributed by atoms with Crippen LogP contribution in [0.25, 0.3) is 0 Å². The Morgan fingerprint density at radius 2 is 1.48 bits per heavy atom. The van der Waals surface area contributed by atoms with E-state index >= 15 is 0 Å². The highest BCUT2D eigenvalue weighted by atomic mass is 16.3. The number of hydrogen-bond acceptors (Lipinski definition) is 1. The number of hydrogen-bond donors (Lipinski definition) is 1. The molecule has 3 unspecified atom stereocenters. The zero-order valence-electron chi connectivity index (χ0n) is 21.7. The summed E-state index contributed by atoms with van der Waals surface area (Å²) in [6, 6.07) is 0. The maximum absolute atomic E-state index is 10.5. The predicted octanol–water partition coefficient (Wildman–Crippen LogP) is 8.13. The fourth-order valence-corrected chi connectivity index (χ4v) is 9.90. The van der Waals surface area contributed by atoms with E-state index in [4.69, 9.17) is 0 Å². The van der Waals surface area contributed by atoms with Gasteiger partial charge in [-0.25, -0.2) is 0 Å². The van der Waals surface area contributed by atoms with Crippen molar-refractivity contribution in [2.24, 2.45) is 64.1 Å². The smallest absolute Gasteiger partial charge is 0.0568 e. The normalized spacial score (nSPS) is 49.5. The van der Waals surface area contributed by atoms with Crippen molar-refractivity contribution in [1.29, 1.82) is 0 Å². The molecule has 0 amide bonds. The number of aliphatic hydroxyl groups is 1. The molecule has 0 bridgehead atoms. The van der Waals surface area contributed by atoms with Crippen LogP contribution >= 0.6 is 0 Å². The third-order valence-corrected chi connectivity index (χ3v) is 11.9. The number of rotatable bonds is 5. The minimum Gasteiger partial charge on any atom is -0.393 e. The van der Waals surface area contributed by atoms with E-state index in [1.165, 1.54) is 51.4 Å². The minimum atomic E-state index is -0.0511. The van der Waals surface area contributed by atoms with E-state index in [0.717, 1.165) is 53.8 Å². The molecular weight excluding hydrogens is 376 g/mol. The van der Waals surface area contributed by atoms with E-state index in [2.05, 4.69) is 60.6 Å². The Hall–Kier alpha value is -0.300. The van der Waals surface area contributed by atoms with Gasteiger partial charge in [0.15, 0.2) is 0 Å². The van der Waals surface area contributed by atoms with Crippen molar-refractivity contribution in [3.63, 3.8) is 0 Å². The van der Waals surface area contributed by atoms with Crippen LogP contribution < -0.4 is 0 Å². The van der Waals surface area contributed by atoms with Gasteiger partial charge in [-0.15, -0.1) is 0 Å².